The van der Waals surface area contributed by atoms with Crippen LogP contribution < -0.4 is 11.5 Å². The third kappa shape index (κ3) is 1.46. The Morgan fingerprint density at radius 1 is 1.33 bits per heavy atom. The Balaban J connectivity index is 2.75. The summed E-state index contributed by atoms with van der Waals surface area (Å²) in [5.41, 5.74) is 12.5. The molecule has 2 heterocycles. The lowest BCUT2D eigenvalue weighted by atomic mass is 10.3. The second-order valence-corrected chi connectivity index (χ2v) is 3.20. The Labute approximate surface area is 85.7 Å². The topological polar surface area (TPSA) is 116 Å². The van der Waals surface area contributed by atoms with Crippen molar-refractivity contribution in [1.82, 2.24) is 19.7 Å². The van der Waals surface area contributed by atoms with Gasteiger partial charge in [-0.05, 0) is 6.92 Å². The third-order valence-corrected chi connectivity index (χ3v) is 2.12. The van der Waals surface area contributed by atoms with Gasteiger partial charge in [0.1, 0.15) is 5.82 Å². The van der Waals surface area contributed by atoms with Crippen molar-refractivity contribution < 1.29 is 5.11 Å². The van der Waals surface area contributed by atoms with Gasteiger partial charge in [0.15, 0.2) is 5.65 Å². The zero-order chi connectivity index (χ0) is 11.0. The Morgan fingerprint density at radius 3 is 2.73 bits per heavy atom. The standard InChI is InChI=1S/C8H12N6O/c1-4-5-6(9)11-8(10)12-7(5)14(13-4)2-3-15/h15H,2-3H2,1H3,(H4,9,10,11,12). The lowest BCUT2D eigenvalue weighted by molar-refractivity contribution is 0.271. The van der Waals surface area contributed by atoms with E-state index in [1.54, 1.807) is 4.68 Å². The van der Waals surface area contributed by atoms with E-state index in [0.29, 0.717) is 23.4 Å². The second-order valence-electron chi connectivity index (χ2n) is 3.20. The van der Waals surface area contributed by atoms with E-state index in [0.717, 1.165) is 5.69 Å². The number of nitrogen functional groups attached to an aromatic ring is 2. The first-order chi connectivity index (χ1) is 7.13. The van der Waals surface area contributed by atoms with Crippen LogP contribution in [0.15, 0.2) is 0 Å². The fourth-order valence-corrected chi connectivity index (χ4v) is 1.55. The van der Waals surface area contributed by atoms with Crippen LogP contribution in [0.1, 0.15) is 5.69 Å². The van der Waals surface area contributed by atoms with E-state index in [1.165, 1.54) is 0 Å². The number of rotatable bonds is 2. The van der Waals surface area contributed by atoms with E-state index in [9.17, 15) is 0 Å². The van der Waals surface area contributed by atoms with Crippen LogP contribution in [-0.2, 0) is 6.54 Å². The molecule has 5 N–H and O–H groups in total. The van der Waals surface area contributed by atoms with Gasteiger partial charge in [0.25, 0.3) is 0 Å². The fraction of sp³-hybridized carbons (Fsp3) is 0.375. The fourth-order valence-electron chi connectivity index (χ4n) is 1.55. The highest BCUT2D eigenvalue weighted by Gasteiger charge is 2.13. The first-order valence-corrected chi connectivity index (χ1v) is 4.50. The molecule has 0 bridgehead atoms. The summed E-state index contributed by atoms with van der Waals surface area (Å²) in [4.78, 5) is 7.92. The van der Waals surface area contributed by atoms with Gasteiger partial charge in [-0.25, -0.2) is 4.68 Å². The Bertz CT molecular complexity index is 505. The molecule has 0 fully saturated rings. The van der Waals surface area contributed by atoms with Crippen LogP contribution >= 0.6 is 0 Å². The van der Waals surface area contributed by atoms with E-state index in [4.69, 9.17) is 16.6 Å². The van der Waals surface area contributed by atoms with Gasteiger partial charge in [-0.2, -0.15) is 15.1 Å². The highest BCUT2D eigenvalue weighted by Crippen LogP contribution is 2.21. The molecule has 2 aromatic heterocycles. The van der Waals surface area contributed by atoms with Gasteiger partial charge in [-0.3, -0.25) is 0 Å². The summed E-state index contributed by atoms with van der Waals surface area (Å²) in [5.74, 6) is 0.429. The molecule has 0 aromatic carbocycles. The van der Waals surface area contributed by atoms with Crippen LogP contribution in [0.2, 0.25) is 0 Å². The predicted molar refractivity (Wildman–Crippen MR) is 56.0 cm³/mol. The van der Waals surface area contributed by atoms with Crippen molar-refractivity contribution in [2.75, 3.05) is 18.1 Å². The maximum absolute atomic E-state index is 8.86. The molecular weight excluding hydrogens is 196 g/mol. The summed E-state index contributed by atoms with van der Waals surface area (Å²) >= 11 is 0. The van der Waals surface area contributed by atoms with Crippen LogP contribution in [0, 0.1) is 6.92 Å². The number of aliphatic hydroxyl groups is 1. The lowest BCUT2D eigenvalue weighted by Gasteiger charge is -2.00. The Hall–Kier alpha value is -1.89. The first-order valence-electron chi connectivity index (χ1n) is 4.50. The van der Waals surface area contributed by atoms with Crippen LogP contribution in [0.3, 0.4) is 0 Å². The van der Waals surface area contributed by atoms with E-state index in [2.05, 4.69) is 15.1 Å². The van der Waals surface area contributed by atoms with Crippen molar-refractivity contribution in [2.24, 2.45) is 0 Å². The SMILES string of the molecule is Cc1nn(CCO)c2nc(N)nc(N)c12. The molecule has 7 nitrogen and oxygen atoms in total. The molecule has 80 valence electrons. The smallest absolute Gasteiger partial charge is 0.224 e. The number of nitrogens with zero attached hydrogens (tertiary/aromatic N) is 4. The summed E-state index contributed by atoms with van der Waals surface area (Å²) < 4.78 is 1.57. The van der Waals surface area contributed by atoms with Crippen LogP contribution in [0.5, 0.6) is 0 Å². The van der Waals surface area contributed by atoms with Crippen LogP contribution in [0.4, 0.5) is 11.8 Å². The largest absolute Gasteiger partial charge is 0.394 e. The molecule has 0 spiro atoms. The minimum atomic E-state index is -0.0139. The van der Waals surface area contributed by atoms with Gasteiger partial charge in [0.05, 0.1) is 24.2 Å². The van der Waals surface area contributed by atoms with Gasteiger partial charge < -0.3 is 16.6 Å². The number of anilines is 2. The van der Waals surface area contributed by atoms with Gasteiger partial charge in [0, 0.05) is 0 Å². The third-order valence-electron chi connectivity index (χ3n) is 2.12. The highest BCUT2D eigenvalue weighted by molar-refractivity contribution is 5.88. The number of aliphatic hydroxyl groups excluding tert-OH is 1. The van der Waals surface area contributed by atoms with Crippen LogP contribution in [-0.4, -0.2) is 31.5 Å². The summed E-state index contributed by atoms with van der Waals surface area (Å²) in [6.07, 6.45) is 0. The normalized spacial score (nSPS) is 11.1. The molecule has 2 aromatic rings. The molecule has 0 unspecified atom stereocenters. The molecular formula is C8H12N6O. The first kappa shape index (κ1) is 9.66. The number of nitrogens with two attached hydrogens (primary N) is 2. The minimum absolute atomic E-state index is 0.0139. The van der Waals surface area contributed by atoms with Gasteiger partial charge in [0.2, 0.25) is 5.95 Å². The highest BCUT2D eigenvalue weighted by atomic mass is 16.3. The number of hydrogen-bond acceptors (Lipinski definition) is 6. The molecule has 0 saturated carbocycles. The summed E-state index contributed by atoms with van der Waals surface area (Å²) in [6.45, 7) is 2.16. The molecule has 0 radical (unpaired) electrons. The average molecular weight is 208 g/mol. The second kappa shape index (κ2) is 3.35. The predicted octanol–water partition coefficient (Wildman–Crippen LogP) is -0.709. The van der Waals surface area contributed by atoms with E-state index in [-0.39, 0.29) is 12.6 Å². The Kier molecular flexibility index (Phi) is 2.16. The minimum Gasteiger partial charge on any atom is -0.394 e. The number of aryl methyl sites for hydroxylation is 1. The average Bonchev–Trinajstić information content (AvgIpc) is 2.43. The van der Waals surface area contributed by atoms with Crippen molar-refractivity contribution >= 4 is 22.8 Å². The maximum Gasteiger partial charge on any atom is 0.224 e. The lowest BCUT2D eigenvalue weighted by Crippen LogP contribution is -2.06. The molecule has 0 aliphatic rings. The van der Waals surface area contributed by atoms with E-state index in [1.807, 2.05) is 6.92 Å². The molecule has 7 heteroatoms. The zero-order valence-electron chi connectivity index (χ0n) is 8.30. The van der Waals surface area contributed by atoms with Crippen molar-refractivity contribution in [2.45, 2.75) is 13.5 Å². The molecule has 15 heavy (non-hydrogen) atoms. The molecule has 0 aliphatic heterocycles. The molecule has 2 rings (SSSR count). The number of hydrogen-bond donors (Lipinski definition) is 3. The monoisotopic (exact) mass is 208 g/mol. The van der Waals surface area contributed by atoms with Crippen molar-refractivity contribution in [3.8, 4) is 0 Å². The molecule has 0 atom stereocenters. The summed E-state index contributed by atoms with van der Waals surface area (Å²) in [6, 6.07) is 0. The van der Waals surface area contributed by atoms with Crippen LogP contribution in [0.25, 0.3) is 11.0 Å². The van der Waals surface area contributed by atoms with Crippen molar-refractivity contribution in [1.29, 1.82) is 0 Å². The van der Waals surface area contributed by atoms with Gasteiger partial charge >= 0.3 is 0 Å². The maximum atomic E-state index is 8.86. The van der Waals surface area contributed by atoms with Crippen molar-refractivity contribution in [3.63, 3.8) is 0 Å². The number of aromatic nitrogens is 4. The molecule has 0 amide bonds. The van der Waals surface area contributed by atoms with Gasteiger partial charge in [-0.15, -0.1) is 0 Å². The summed E-state index contributed by atoms with van der Waals surface area (Å²) in [7, 11) is 0. The van der Waals surface area contributed by atoms with E-state index >= 15 is 0 Å². The number of fused-ring (bicyclic) bond motifs is 1. The Morgan fingerprint density at radius 2 is 2.07 bits per heavy atom. The molecule has 0 aliphatic carbocycles. The zero-order valence-corrected chi connectivity index (χ0v) is 8.30. The quantitative estimate of drug-likeness (QED) is 0.600. The summed E-state index contributed by atoms with van der Waals surface area (Å²) in [5, 5.41) is 13.8. The van der Waals surface area contributed by atoms with Gasteiger partial charge in [-0.1, -0.05) is 0 Å². The molecule has 0 saturated heterocycles. The van der Waals surface area contributed by atoms with E-state index < -0.39 is 0 Å². The van der Waals surface area contributed by atoms with Crippen molar-refractivity contribution in [3.05, 3.63) is 5.69 Å².